The van der Waals surface area contributed by atoms with Gasteiger partial charge in [-0.3, -0.25) is 14.4 Å². The van der Waals surface area contributed by atoms with Crippen molar-refractivity contribution >= 4 is 35.1 Å². The van der Waals surface area contributed by atoms with E-state index in [0.29, 0.717) is 30.0 Å². The van der Waals surface area contributed by atoms with Gasteiger partial charge in [-0.1, -0.05) is 68.8 Å². The molecule has 38 heavy (non-hydrogen) atoms. The second kappa shape index (κ2) is 10.1. The molecule has 5 rings (SSSR count). The number of aliphatic hydroxyl groups excluding tert-OH is 1. The summed E-state index contributed by atoms with van der Waals surface area (Å²) < 4.78 is 12.5. The van der Waals surface area contributed by atoms with Crippen LogP contribution in [0.25, 0.3) is 0 Å². The van der Waals surface area contributed by atoms with E-state index in [9.17, 15) is 19.5 Å². The van der Waals surface area contributed by atoms with E-state index in [0.717, 1.165) is 0 Å². The Morgan fingerprint density at radius 1 is 1.11 bits per heavy atom. The van der Waals surface area contributed by atoms with Gasteiger partial charge in [0, 0.05) is 6.54 Å². The van der Waals surface area contributed by atoms with E-state index in [1.165, 1.54) is 4.90 Å². The lowest BCUT2D eigenvalue weighted by molar-refractivity contribution is -0.162. The molecule has 4 aliphatic rings. The minimum Gasteiger partial charge on any atom is -0.465 e. The highest BCUT2D eigenvalue weighted by Crippen LogP contribution is 2.59. The van der Waals surface area contributed by atoms with E-state index in [1.54, 1.807) is 35.2 Å². The maximum absolute atomic E-state index is 14.5. The summed E-state index contributed by atoms with van der Waals surface area (Å²) in [5.41, 5.74) is -1.99. The van der Waals surface area contributed by atoms with Gasteiger partial charge in [0.1, 0.15) is 23.2 Å². The Hall–Kier alpha value is -2.68. The van der Waals surface area contributed by atoms with Crippen LogP contribution in [0.5, 0.6) is 0 Å². The number of benzene rings is 1. The van der Waals surface area contributed by atoms with Crippen molar-refractivity contribution in [2.75, 3.05) is 24.7 Å². The summed E-state index contributed by atoms with van der Waals surface area (Å²) in [6.07, 6.45) is 8.87. The molecule has 6 atom stereocenters. The van der Waals surface area contributed by atoms with E-state index in [2.05, 4.69) is 0 Å². The number of halogens is 1. The van der Waals surface area contributed by atoms with E-state index in [1.807, 2.05) is 39.0 Å². The number of likely N-dealkylation sites (tertiary alicyclic amines) is 1. The first-order chi connectivity index (χ1) is 18.2. The van der Waals surface area contributed by atoms with Crippen LogP contribution in [-0.2, 0) is 23.9 Å². The number of para-hydroxylation sites is 1. The summed E-state index contributed by atoms with van der Waals surface area (Å²) >= 11 is 6.51. The highest BCUT2D eigenvalue weighted by atomic mass is 35.5. The fraction of sp³-hybridized carbons (Fsp3) is 0.552. The minimum atomic E-state index is -1.41. The van der Waals surface area contributed by atoms with Crippen LogP contribution >= 0.6 is 11.6 Å². The van der Waals surface area contributed by atoms with Crippen LogP contribution in [0.3, 0.4) is 0 Å². The van der Waals surface area contributed by atoms with Gasteiger partial charge in [-0.05, 0) is 37.3 Å². The minimum absolute atomic E-state index is 0.150. The summed E-state index contributed by atoms with van der Waals surface area (Å²) in [5, 5.41) is 10.9. The SMILES string of the molecule is CC[C@@]12C=CCCOC(=O)[C@@H]1[C@H]1C(=O)N([C@@H](CO)CC(C)C)C3C(=O)N(c4ccccc4Cl)CC=C[C@@]31O2. The van der Waals surface area contributed by atoms with Gasteiger partial charge in [0.05, 0.1) is 35.9 Å². The number of hydrogen-bond acceptors (Lipinski definition) is 6. The summed E-state index contributed by atoms with van der Waals surface area (Å²) in [6, 6.07) is 5.35. The Morgan fingerprint density at radius 2 is 1.87 bits per heavy atom. The Balaban J connectivity index is 1.71. The normalized spacial score (nSPS) is 33.4. The number of hydrogen-bond donors (Lipinski definition) is 1. The van der Waals surface area contributed by atoms with Crippen LogP contribution < -0.4 is 4.90 Å². The fourth-order valence-electron chi connectivity index (χ4n) is 6.77. The van der Waals surface area contributed by atoms with Crippen molar-refractivity contribution < 1.29 is 29.0 Å². The maximum Gasteiger partial charge on any atom is 0.313 e. The third-order valence-electron chi connectivity index (χ3n) is 8.33. The lowest BCUT2D eigenvalue weighted by Crippen LogP contribution is -2.59. The smallest absolute Gasteiger partial charge is 0.313 e. The molecule has 2 amide bonds. The molecule has 2 saturated heterocycles. The highest BCUT2D eigenvalue weighted by molar-refractivity contribution is 6.34. The van der Waals surface area contributed by atoms with Crippen LogP contribution in [0.1, 0.15) is 40.0 Å². The monoisotopic (exact) mass is 542 g/mol. The van der Waals surface area contributed by atoms with Crippen LogP contribution in [-0.4, -0.2) is 70.8 Å². The van der Waals surface area contributed by atoms with Crippen LogP contribution in [0, 0.1) is 17.8 Å². The first kappa shape index (κ1) is 26.9. The van der Waals surface area contributed by atoms with Gasteiger partial charge < -0.3 is 24.4 Å². The van der Waals surface area contributed by atoms with Gasteiger partial charge in [0.25, 0.3) is 5.91 Å². The molecule has 1 spiro atoms. The van der Waals surface area contributed by atoms with E-state index in [4.69, 9.17) is 21.1 Å². The molecule has 9 heteroatoms. The number of carbonyl (C=O) groups is 3. The van der Waals surface area contributed by atoms with Crippen molar-refractivity contribution in [1.82, 2.24) is 4.90 Å². The summed E-state index contributed by atoms with van der Waals surface area (Å²) in [7, 11) is 0. The van der Waals surface area contributed by atoms with E-state index < -0.39 is 41.1 Å². The molecule has 8 nitrogen and oxygen atoms in total. The van der Waals surface area contributed by atoms with E-state index in [-0.39, 0.29) is 37.5 Å². The van der Waals surface area contributed by atoms with Crippen molar-refractivity contribution in [3.05, 3.63) is 53.6 Å². The third kappa shape index (κ3) is 4.00. The molecule has 1 unspecified atom stereocenters. The van der Waals surface area contributed by atoms with Crippen molar-refractivity contribution in [2.24, 2.45) is 17.8 Å². The van der Waals surface area contributed by atoms with Crippen LogP contribution in [0.2, 0.25) is 5.02 Å². The molecule has 4 aliphatic heterocycles. The Morgan fingerprint density at radius 3 is 2.55 bits per heavy atom. The summed E-state index contributed by atoms with van der Waals surface area (Å²) in [6.45, 7) is 6.03. The van der Waals surface area contributed by atoms with E-state index >= 15 is 0 Å². The molecular formula is C29H35ClN2O6. The molecule has 1 aromatic rings. The first-order valence-corrected chi connectivity index (χ1v) is 13.8. The van der Waals surface area contributed by atoms with Gasteiger partial charge in [-0.2, -0.15) is 0 Å². The molecular weight excluding hydrogens is 508 g/mol. The lowest BCUT2D eigenvalue weighted by Gasteiger charge is -2.41. The van der Waals surface area contributed by atoms with Crippen molar-refractivity contribution in [2.45, 2.75) is 63.3 Å². The van der Waals surface area contributed by atoms with Crippen LogP contribution in [0.4, 0.5) is 5.69 Å². The average molecular weight is 543 g/mol. The predicted molar refractivity (Wildman–Crippen MR) is 142 cm³/mol. The number of carbonyl (C=O) groups excluding carboxylic acids is 3. The molecule has 4 heterocycles. The Bertz CT molecular complexity index is 1180. The predicted octanol–water partition coefficient (Wildman–Crippen LogP) is 3.51. The number of nitrogens with zero attached hydrogens (tertiary/aromatic N) is 2. The number of cyclic esters (lactones) is 1. The Kier molecular flexibility index (Phi) is 7.18. The van der Waals surface area contributed by atoms with Gasteiger partial charge in [-0.25, -0.2) is 0 Å². The number of amides is 2. The second-order valence-electron chi connectivity index (χ2n) is 11.0. The number of anilines is 1. The van der Waals surface area contributed by atoms with Crippen molar-refractivity contribution in [1.29, 1.82) is 0 Å². The number of rotatable bonds is 6. The first-order valence-electron chi connectivity index (χ1n) is 13.4. The molecule has 0 bridgehead atoms. The van der Waals surface area contributed by atoms with Gasteiger partial charge in [-0.15, -0.1) is 0 Å². The molecule has 1 aromatic carbocycles. The number of esters is 1. The number of aliphatic hydroxyl groups is 1. The molecule has 0 aliphatic carbocycles. The average Bonchev–Trinajstić information content (AvgIpc) is 3.24. The summed E-state index contributed by atoms with van der Waals surface area (Å²) in [5.74, 6) is -2.98. The number of fused-ring (bicyclic) bond motifs is 2. The fourth-order valence-corrected chi connectivity index (χ4v) is 7.01. The van der Waals surface area contributed by atoms with Crippen molar-refractivity contribution in [3.8, 4) is 0 Å². The maximum atomic E-state index is 14.5. The molecule has 0 radical (unpaired) electrons. The standard InChI is InChI=1S/C29H35ClN2O6/c1-4-28-12-7-8-15-37-27(36)23(28)22-25(34)32(19(17-33)16-18(2)3)24-26(35)31(14-9-13-29(22,24)38-28)21-11-6-5-10-20(21)30/h5-7,9-13,18-19,22-24,33H,4,8,14-17H2,1-3H3/t19-,22+,23+,24?,28-,29+/m1/s1. The zero-order chi connectivity index (χ0) is 27.2. The molecule has 204 valence electrons. The van der Waals surface area contributed by atoms with Gasteiger partial charge in [0.2, 0.25) is 5.91 Å². The van der Waals surface area contributed by atoms with Gasteiger partial charge in [0.15, 0.2) is 0 Å². The largest absolute Gasteiger partial charge is 0.465 e. The Labute approximate surface area is 228 Å². The topological polar surface area (TPSA) is 96.4 Å². The third-order valence-corrected chi connectivity index (χ3v) is 8.65. The lowest BCUT2D eigenvalue weighted by atomic mass is 9.73. The zero-order valence-corrected chi connectivity index (χ0v) is 22.8. The summed E-state index contributed by atoms with van der Waals surface area (Å²) in [4.78, 5) is 45.5. The zero-order valence-electron chi connectivity index (χ0n) is 22.0. The second-order valence-corrected chi connectivity index (χ2v) is 11.4. The number of ether oxygens (including phenoxy) is 2. The van der Waals surface area contributed by atoms with Crippen LogP contribution in [0.15, 0.2) is 48.6 Å². The molecule has 1 N–H and O–H groups in total. The molecule has 2 fully saturated rings. The quantitative estimate of drug-likeness (QED) is 0.436. The molecule has 0 aromatic heterocycles. The van der Waals surface area contributed by atoms with Crippen molar-refractivity contribution in [3.63, 3.8) is 0 Å². The molecule has 0 saturated carbocycles. The highest BCUT2D eigenvalue weighted by Gasteiger charge is 2.76. The van der Waals surface area contributed by atoms with Gasteiger partial charge >= 0.3 is 5.97 Å².